The molecule has 3 nitrogen and oxygen atoms in total. The van der Waals surface area contributed by atoms with E-state index in [0.29, 0.717) is 17.4 Å². The maximum absolute atomic E-state index is 12.4. The van der Waals surface area contributed by atoms with E-state index in [4.69, 9.17) is 0 Å². The van der Waals surface area contributed by atoms with Crippen LogP contribution >= 0.6 is 0 Å². The number of piperidine rings is 1. The highest BCUT2D eigenvalue weighted by Crippen LogP contribution is 2.42. The zero-order valence-corrected chi connectivity index (χ0v) is 15.7. The van der Waals surface area contributed by atoms with Crippen LogP contribution in [0, 0.1) is 17.3 Å². The van der Waals surface area contributed by atoms with Crippen LogP contribution < -0.4 is 5.32 Å². The van der Waals surface area contributed by atoms with Gasteiger partial charge in [-0.3, -0.25) is 9.69 Å². The van der Waals surface area contributed by atoms with Gasteiger partial charge in [-0.1, -0.05) is 32.9 Å². The average molecular weight is 321 g/mol. The Bertz CT molecular complexity index is 421. The number of nitrogens with one attached hydrogen (secondary N) is 1. The van der Waals surface area contributed by atoms with Crippen molar-refractivity contribution in [3.63, 3.8) is 0 Å². The molecule has 0 unspecified atom stereocenters. The number of likely N-dealkylation sites (tertiary alicyclic amines) is 1. The Kier molecular flexibility index (Phi) is 6.30. The van der Waals surface area contributed by atoms with Gasteiger partial charge in [0.05, 0.1) is 0 Å². The fraction of sp³-hybridized carbons (Fsp3) is 0.850. The first kappa shape index (κ1) is 18.5. The van der Waals surface area contributed by atoms with Crippen LogP contribution in [0.3, 0.4) is 0 Å². The Morgan fingerprint density at radius 3 is 2.48 bits per heavy atom. The first-order valence-corrected chi connectivity index (χ1v) is 9.39. The molecule has 0 aromatic rings. The van der Waals surface area contributed by atoms with Gasteiger partial charge in [0, 0.05) is 32.1 Å². The molecular weight excluding hydrogens is 284 g/mol. The van der Waals surface area contributed by atoms with Crippen molar-refractivity contribution in [2.75, 3.05) is 19.6 Å². The van der Waals surface area contributed by atoms with Crippen LogP contribution in [0.5, 0.6) is 0 Å². The zero-order chi connectivity index (χ0) is 17.0. The van der Waals surface area contributed by atoms with Crippen LogP contribution in [-0.2, 0) is 4.79 Å². The van der Waals surface area contributed by atoms with Gasteiger partial charge >= 0.3 is 0 Å². The third kappa shape index (κ3) is 6.29. The molecule has 2 rings (SSSR count). The lowest BCUT2D eigenvalue weighted by molar-refractivity contribution is -0.123. The lowest BCUT2D eigenvalue weighted by Crippen LogP contribution is -2.45. The van der Waals surface area contributed by atoms with Gasteiger partial charge in [-0.05, 0) is 56.3 Å². The third-order valence-electron chi connectivity index (χ3n) is 5.40. The van der Waals surface area contributed by atoms with Gasteiger partial charge in [0.1, 0.15) is 0 Å². The van der Waals surface area contributed by atoms with Crippen LogP contribution in [0.1, 0.15) is 66.2 Å². The Morgan fingerprint density at radius 2 is 1.91 bits per heavy atom. The number of carbonyl (C=O) groups excluding carboxylic acids is 1. The lowest BCUT2D eigenvalue weighted by atomic mass is 9.67. The number of rotatable bonds is 5. The van der Waals surface area contributed by atoms with Crippen molar-refractivity contribution in [1.29, 1.82) is 0 Å². The monoisotopic (exact) mass is 320 g/mol. The molecule has 23 heavy (non-hydrogen) atoms. The van der Waals surface area contributed by atoms with Gasteiger partial charge in [-0.15, -0.1) is 0 Å². The summed E-state index contributed by atoms with van der Waals surface area (Å²) in [6.45, 7) is 16.3. The molecule has 0 spiro atoms. The summed E-state index contributed by atoms with van der Waals surface area (Å²) in [7, 11) is 0. The predicted molar refractivity (Wildman–Crippen MR) is 97.3 cm³/mol. The summed E-state index contributed by atoms with van der Waals surface area (Å²) >= 11 is 0. The summed E-state index contributed by atoms with van der Waals surface area (Å²) in [4.78, 5) is 14.9. The fourth-order valence-corrected chi connectivity index (χ4v) is 4.87. The molecule has 2 fully saturated rings. The summed E-state index contributed by atoms with van der Waals surface area (Å²) in [6.07, 6.45) is 6.58. The Labute approximate surface area is 142 Å². The van der Waals surface area contributed by atoms with E-state index in [-0.39, 0.29) is 5.91 Å². The summed E-state index contributed by atoms with van der Waals surface area (Å²) in [5.41, 5.74) is 1.62. The highest BCUT2D eigenvalue weighted by atomic mass is 16.1. The van der Waals surface area contributed by atoms with Crippen LogP contribution in [0.4, 0.5) is 0 Å². The molecule has 1 heterocycles. The fourth-order valence-electron chi connectivity index (χ4n) is 4.87. The van der Waals surface area contributed by atoms with Crippen LogP contribution in [0.15, 0.2) is 12.2 Å². The summed E-state index contributed by atoms with van der Waals surface area (Å²) in [6, 6.07) is 0.373. The SMILES string of the molecule is C=C(C)CN1CCC(NC(=O)C[C@H]2C[C@@H](C)CC(C)(C)C2)CC1. The Morgan fingerprint density at radius 1 is 1.26 bits per heavy atom. The van der Waals surface area contributed by atoms with E-state index in [9.17, 15) is 4.79 Å². The maximum Gasteiger partial charge on any atom is 0.220 e. The number of hydrogen-bond donors (Lipinski definition) is 1. The quantitative estimate of drug-likeness (QED) is 0.777. The molecule has 2 atom stereocenters. The van der Waals surface area contributed by atoms with Crippen LogP contribution in [0.2, 0.25) is 0 Å². The molecule has 1 amide bonds. The molecule has 132 valence electrons. The van der Waals surface area contributed by atoms with Crippen molar-refractivity contribution in [3.8, 4) is 0 Å². The number of carbonyl (C=O) groups is 1. The number of hydrogen-bond acceptors (Lipinski definition) is 2. The van der Waals surface area contributed by atoms with E-state index < -0.39 is 0 Å². The van der Waals surface area contributed by atoms with Gasteiger partial charge < -0.3 is 5.32 Å². The van der Waals surface area contributed by atoms with E-state index in [2.05, 4.69) is 44.5 Å². The van der Waals surface area contributed by atoms with Gasteiger partial charge in [-0.25, -0.2) is 0 Å². The lowest BCUT2D eigenvalue weighted by Gasteiger charge is -2.39. The molecule has 1 saturated carbocycles. The Hall–Kier alpha value is -0.830. The molecule has 1 N–H and O–H groups in total. The first-order valence-electron chi connectivity index (χ1n) is 9.39. The molecule has 0 bridgehead atoms. The summed E-state index contributed by atoms with van der Waals surface area (Å²) in [5.74, 6) is 1.59. The molecule has 0 radical (unpaired) electrons. The second kappa shape index (κ2) is 7.83. The second-order valence-corrected chi connectivity index (χ2v) is 9.06. The summed E-state index contributed by atoms with van der Waals surface area (Å²) < 4.78 is 0. The summed E-state index contributed by atoms with van der Waals surface area (Å²) in [5, 5.41) is 3.29. The van der Waals surface area contributed by atoms with Crippen molar-refractivity contribution in [2.45, 2.75) is 72.3 Å². The number of nitrogens with zero attached hydrogens (tertiary/aromatic N) is 1. The van der Waals surface area contributed by atoms with Crippen molar-refractivity contribution >= 4 is 5.91 Å². The largest absolute Gasteiger partial charge is 0.353 e. The highest BCUT2D eigenvalue weighted by Gasteiger charge is 2.33. The molecule has 2 aliphatic rings. The standard InChI is InChI=1S/C20H36N2O/c1-15(2)14-22-8-6-18(7-9-22)21-19(23)11-17-10-16(3)12-20(4,5)13-17/h16-18H,1,6-14H2,2-5H3,(H,21,23)/t16-,17-/m1/s1. The minimum atomic E-state index is 0.276. The number of amides is 1. The smallest absolute Gasteiger partial charge is 0.220 e. The van der Waals surface area contributed by atoms with Crippen molar-refractivity contribution < 1.29 is 4.79 Å². The van der Waals surface area contributed by atoms with E-state index in [1.165, 1.54) is 24.8 Å². The minimum Gasteiger partial charge on any atom is -0.353 e. The molecule has 0 aromatic heterocycles. The van der Waals surface area contributed by atoms with Crippen LogP contribution in [0.25, 0.3) is 0 Å². The minimum absolute atomic E-state index is 0.276. The van der Waals surface area contributed by atoms with Gasteiger partial charge in [0.15, 0.2) is 0 Å². The van der Waals surface area contributed by atoms with Crippen molar-refractivity contribution in [3.05, 3.63) is 12.2 Å². The van der Waals surface area contributed by atoms with E-state index in [1.54, 1.807) is 0 Å². The molecule has 3 heteroatoms. The van der Waals surface area contributed by atoms with E-state index in [1.807, 2.05) is 0 Å². The van der Waals surface area contributed by atoms with Gasteiger partial charge in [0.2, 0.25) is 5.91 Å². The average Bonchev–Trinajstić information content (AvgIpc) is 2.37. The zero-order valence-electron chi connectivity index (χ0n) is 15.7. The predicted octanol–water partition coefficient (Wildman–Crippen LogP) is 4.00. The highest BCUT2D eigenvalue weighted by molar-refractivity contribution is 5.76. The molecule has 1 saturated heterocycles. The molecule has 1 aliphatic carbocycles. The van der Waals surface area contributed by atoms with Crippen molar-refractivity contribution in [1.82, 2.24) is 10.2 Å². The first-order chi connectivity index (χ1) is 10.7. The maximum atomic E-state index is 12.4. The van der Waals surface area contributed by atoms with Crippen molar-refractivity contribution in [2.24, 2.45) is 17.3 Å². The van der Waals surface area contributed by atoms with Crippen LogP contribution in [-0.4, -0.2) is 36.5 Å². The molecule has 0 aromatic carbocycles. The topological polar surface area (TPSA) is 32.3 Å². The second-order valence-electron chi connectivity index (χ2n) is 9.06. The molecule has 1 aliphatic heterocycles. The molecular formula is C20H36N2O. The van der Waals surface area contributed by atoms with Gasteiger partial charge in [-0.2, -0.15) is 0 Å². The van der Waals surface area contributed by atoms with E-state index >= 15 is 0 Å². The van der Waals surface area contributed by atoms with Gasteiger partial charge in [0.25, 0.3) is 0 Å². The van der Waals surface area contributed by atoms with E-state index in [0.717, 1.165) is 44.8 Å². The third-order valence-corrected chi connectivity index (χ3v) is 5.40. The Balaban J connectivity index is 1.72. The normalized spacial score (nSPS) is 29.2.